The van der Waals surface area contributed by atoms with Crippen LogP contribution in [0, 0.1) is 0 Å². The van der Waals surface area contributed by atoms with E-state index in [4.69, 9.17) is 16.3 Å². The van der Waals surface area contributed by atoms with Gasteiger partial charge in [0.05, 0.1) is 10.9 Å². The molecule has 0 spiro atoms. The van der Waals surface area contributed by atoms with Crippen molar-refractivity contribution in [3.05, 3.63) is 21.3 Å². The minimum atomic E-state index is -0.668. The first-order chi connectivity index (χ1) is 13.1. The smallest absolute Gasteiger partial charge is 0.251 e. The molecule has 0 bridgehead atoms. The SMILES string of the molecule is CCNC(=NCC(O)c1ccc(Cl)s1)N1CCN(C(=O)C2CCCO2)CC1. The van der Waals surface area contributed by atoms with Crippen LogP contribution in [0.15, 0.2) is 17.1 Å². The quantitative estimate of drug-likeness (QED) is 0.566. The highest BCUT2D eigenvalue weighted by atomic mass is 35.5. The Balaban J connectivity index is 1.54. The van der Waals surface area contributed by atoms with E-state index in [1.165, 1.54) is 11.3 Å². The molecule has 2 atom stereocenters. The molecule has 2 aliphatic heterocycles. The van der Waals surface area contributed by atoms with Gasteiger partial charge >= 0.3 is 0 Å². The lowest BCUT2D eigenvalue weighted by atomic mass is 10.2. The van der Waals surface area contributed by atoms with Gasteiger partial charge < -0.3 is 25.0 Å². The molecule has 1 aromatic heterocycles. The van der Waals surface area contributed by atoms with Gasteiger partial charge in [0, 0.05) is 44.2 Å². The molecule has 0 radical (unpaired) electrons. The van der Waals surface area contributed by atoms with Crippen LogP contribution in [0.25, 0.3) is 0 Å². The maximum absolute atomic E-state index is 12.5. The molecule has 7 nitrogen and oxygen atoms in total. The van der Waals surface area contributed by atoms with Crippen molar-refractivity contribution in [1.29, 1.82) is 0 Å². The molecule has 2 fully saturated rings. The molecule has 2 saturated heterocycles. The van der Waals surface area contributed by atoms with E-state index in [0.717, 1.165) is 30.2 Å². The third-order valence-electron chi connectivity index (χ3n) is 4.77. The number of nitrogens with one attached hydrogen (secondary N) is 1. The average Bonchev–Trinajstić information content (AvgIpc) is 3.36. The molecule has 0 aromatic carbocycles. The average molecular weight is 415 g/mol. The number of halogens is 1. The van der Waals surface area contributed by atoms with E-state index < -0.39 is 6.10 Å². The van der Waals surface area contributed by atoms with Gasteiger partial charge in [-0.15, -0.1) is 11.3 Å². The number of rotatable bonds is 5. The van der Waals surface area contributed by atoms with E-state index in [1.807, 2.05) is 17.9 Å². The second-order valence-corrected chi connectivity index (χ2v) is 8.41. The van der Waals surface area contributed by atoms with Crippen LogP contribution in [0.4, 0.5) is 0 Å². The zero-order chi connectivity index (χ0) is 19.2. The molecule has 2 N–H and O–H groups in total. The summed E-state index contributed by atoms with van der Waals surface area (Å²) in [4.78, 5) is 21.9. The number of aliphatic hydroxyl groups excluding tert-OH is 1. The van der Waals surface area contributed by atoms with E-state index in [0.29, 0.717) is 37.1 Å². The third kappa shape index (κ3) is 5.34. The zero-order valence-electron chi connectivity index (χ0n) is 15.6. The van der Waals surface area contributed by atoms with Crippen LogP contribution in [0.5, 0.6) is 0 Å². The molecule has 1 amide bonds. The van der Waals surface area contributed by atoms with E-state index in [1.54, 1.807) is 6.07 Å². The number of nitrogens with zero attached hydrogens (tertiary/aromatic N) is 3. The van der Waals surface area contributed by atoms with Crippen molar-refractivity contribution >= 4 is 34.8 Å². The first kappa shape index (κ1) is 20.4. The first-order valence-corrected chi connectivity index (χ1v) is 10.6. The lowest BCUT2D eigenvalue weighted by molar-refractivity contribution is -0.142. The standard InChI is InChI=1S/C18H27ClN4O3S/c1-2-20-18(21-12-13(24)15-5-6-16(19)27-15)23-9-7-22(8-10-23)17(25)14-4-3-11-26-14/h5-6,13-14,24H,2-4,7-12H2,1H3,(H,20,21). The Kier molecular flexibility index (Phi) is 7.34. The van der Waals surface area contributed by atoms with Crippen molar-refractivity contribution < 1.29 is 14.6 Å². The van der Waals surface area contributed by atoms with Crippen molar-refractivity contribution in [2.75, 3.05) is 45.9 Å². The minimum absolute atomic E-state index is 0.110. The molecule has 0 aliphatic carbocycles. The molecular formula is C18H27ClN4O3S. The van der Waals surface area contributed by atoms with Gasteiger partial charge in [0.2, 0.25) is 0 Å². The van der Waals surface area contributed by atoms with Crippen molar-refractivity contribution in [2.45, 2.75) is 32.0 Å². The number of piperazine rings is 1. The second kappa shape index (κ2) is 9.73. The monoisotopic (exact) mass is 414 g/mol. The number of thiophene rings is 1. The molecule has 27 heavy (non-hydrogen) atoms. The summed E-state index contributed by atoms with van der Waals surface area (Å²) in [5, 5.41) is 13.6. The highest BCUT2D eigenvalue weighted by Gasteiger charge is 2.30. The summed E-state index contributed by atoms with van der Waals surface area (Å²) in [7, 11) is 0. The topological polar surface area (TPSA) is 77.4 Å². The summed E-state index contributed by atoms with van der Waals surface area (Å²) in [6.45, 7) is 6.46. The largest absolute Gasteiger partial charge is 0.386 e. The van der Waals surface area contributed by atoms with Gasteiger partial charge in [0.25, 0.3) is 5.91 Å². The van der Waals surface area contributed by atoms with Crippen molar-refractivity contribution in [1.82, 2.24) is 15.1 Å². The normalized spacial score (nSPS) is 22.2. The number of ether oxygens (including phenoxy) is 1. The number of guanidine groups is 1. The second-order valence-electron chi connectivity index (χ2n) is 6.67. The number of carbonyl (C=O) groups is 1. The van der Waals surface area contributed by atoms with Crippen molar-refractivity contribution in [3.63, 3.8) is 0 Å². The predicted molar refractivity (Wildman–Crippen MR) is 107 cm³/mol. The van der Waals surface area contributed by atoms with Crippen LogP contribution < -0.4 is 5.32 Å². The predicted octanol–water partition coefficient (Wildman–Crippen LogP) is 1.72. The van der Waals surface area contributed by atoms with Gasteiger partial charge in [-0.1, -0.05) is 11.6 Å². The fraction of sp³-hybridized carbons (Fsp3) is 0.667. The molecule has 1 aromatic rings. The van der Waals surface area contributed by atoms with Crippen molar-refractivity contribution in [3.8, 4) is 0 Å². The molecule has 2 aliphatic rings. The molecule has 150 valence electrons. The summed E-state index contributed by atoms with van der Waals surface area (Å²) in [5.41, 5.74) is 0. The summed E-state index contributed by atoms with van der Waals surface area (Å²) >= 11 is 7.30. The number of carbonyl (C=O) groups excluding carboxylic acids is 1. The Morgan fingerprint density at radius 2 is 2.15 bits per heavy atom. The first-order valence-electron chi connectivity index (χ1n) is 9.45. The number of hydrogen-bond acceptors (Lipinski definition) is 5. The third-order valence-corrected chi connectivity index (χ3v) is 6.10. The Labute approximate surface area is 169 Å². The molecule has 0 saturated carbocycles. The Bertz CT molecular complexity index is 655. The van der Waals surface area contributed by atoms with Crippen LogP contribution in [0.1, 0.15) is 30.7 Å². The Hall–Kier alpha value is -1.35. The zero-order valence-corrected chi connectivity index (χ0v) is 17.1. The maximum atomic E-state index is 12.5. The van der Waals surface area contributed by atoms with Gasteiger partial charge in [0.15, 0.2) is 5.96 Å². The number of aliphatic imine (C=N–C) groups is 1. The van der Waals surface area contributed by atoms with Gasteiger partial charge in [0.1, 0.15) is 12.2 Å². The maximum Gasteiger partial charge on any atom is 0.251 e. The van der Waals surface area contributed by atoms with Crippen LogP contribution in [-0.4, -0.2) is 78.8 Å². The van der Waals surface area contributed by atoms with Crippen molar-refractivity contribution in [2.24, 2.45) is 4.99 Å². The molecule has 3 heterocycles. The summed E-state index contributed by atoms with van der Waals surface area (Å²) in [5.74, 6) is 0.877. The van der Waals surface area contributed by atoms with E-state index in [9.17, 15) is 9.90 Å². The van der Waals surface area contributed by atoms with Crippen LogP contribution in [0.2, 0.25) is 4.34 Å². The van der Waals surface area contributed by atoms with Crippen LogP contribution in [-0.2, 0) is 9.53 Å². The number of amides is 1. The molecular weight excluding hydrogens is 388 g/mol. The number of hydrogen-bond donors (Lipinski definition) is 2. The van der Waals surface area contributed by atoms with E-state index >= 15 is 0 Å². The number of aliphatic hydroxyl groups is 1. The lowest BCUT2D eigenvalue weighted by Crippen LogP contribution is -2.55. The highest BCUT2D eigenvalue weighted by molar-refractivity contribution is 7.16. The Morgan fingerprint density at radius 3 is 2.74 bits per heavy atom. The molecule has 9 heteroatoms. The van der Waals surface area contributed by atoms with Gasteiger partial charge in [-0.25, -0.2) is 0 Å². The Morgan fingerprint density at radius 1 is 1.41 bits per heavy atom. The summed E-state index contributed by atoms with van der Waals surface area (Å²) in [6, 6.07) is 3.61. The summed E-state index contributed by atoms with van der Waals surface area (Å²) in [6.07, 6.45) is 0.865. The molecule has 2 unspecified atom stereocenters. The minimum Gasteiger partial charge on any atom is -0.386 e. The van der Waals surface area contributed by atoms with Gasteiger partial charge in [-0.05, 0) is 31.9 Å². The fourth-order valence-corrected chi connectivity index (χ4v) is 4.35. The lowest BCUT2D eigenvalue weighted by Gasteiger charge is -2.37. The van der Waals surface area contributed by atoms with E-state index in [-0.39, 0.29) is 18.6 Å². The van der Waals surface area contributed by atoms with Gasteiger partial charge in [-0.2, -0.15) is 0 Å². The van der Waals surface area contributed by atoms with E-state index in [2.05, 4.69) is 15.2 Å². The summed E-state index contributed by atoms with van der Waals surface area (Å²) < 4.78 is 6.17. The van der Waals surface area contributed by atoms with Gasteiger partial charge in [-0.3, -0.25) is 9.79 Å². The highest BCUT2D eigenvalue weighted by Crippen LogP contribution is 2.27. The van der Waals surface area contributed by atoms with Crippen LogP contribution >= 0.6 is 22.9 Å². The van der Waals surface area contributed by atoms with Crippen LogP contribution in [0.3, 0.4) is 0 Å². The fourth-order valence-electron chi connectivity index (χ4n) is 3.31. The molecule has 3 rings (SSSR count).